The summed E-state index contributed by atoms with van der Waals surface area (Å²) in [4.78, 5) is 24.6. The Kier molecular flexibility index (Phi) is 4.61. The van der Waals surface area contributed by atoms with Crippen LogP contribution in [0.25, 0.3) is 0 Å². The Bertz CT molecular complexity index is 535. The third kappa shape index (κ3) is 3.29. The minimum Gasteiger partial charge on any atom is -0.478 e. The van der Waals surface area contributed by atoms with Gasteiger partial charge in [-0.1, -0.05) is 0 Å². The first-order valence-corrected chi connectivity index (χ1v) is 7.00. The molecule has 1 saturated heterocycles. The van der Waals surface area contributed by atoms with E-state index < -0.39 is 5.97 Å². The van der Waals surface area contributed by atoms with E-state index in [-0.39, 0.29) is 24.1 Å². The highest BCUT2D eigenvalue weighted by Gasteiger charge is 2.25. The van der Waals surface area contributed by atoms with E-state index in [1.165, 1.54) is 6.07 Å². The molecule has 1 fully saturated rings. The van der Waals surface area contributed by atoms with Crippen LogP contribution in [0.3, 0.4) is 0 Å². The van der Waals surface area contributed by atoms with Crippen LogP contribution in [0, 0.1) is 5.92 Å². The number of carboxylic acid groups (broad SMARTS) is 1. The third-order valence-electron chi connectivity index (χ3n) is 3.28. The number of nitrogens with one attached hydrogen (secondary N) is 1. The second-order valence-electron chi connectivity index (χ2n) is 4.71. The zero-order valence-electron chi connectivity index (χ0n) is 10.7. The molecule has 1 heterocycles. The minimum absolute atomic E-state index is 0.0746. The normalized spacial score (nSPS) is 18.1. The van der Waals surface area contributed by atoms with E-state index in [9.17, 15) is 9.59 Å². The first kappa shape index (κ1) is 14.8. The number of aliphatic hydroxyl groups excluding tert-OH is 1. The van der Waals surface area contributed by atoms with Crippen LogP contribution in [0.15, 0.2) is 22.7 Å². The lowest BCUT2D eigenvalue weighted by Crippen LogP contribution is -2.33. The Balaban J connectivity index is 2.05. The average Bonchev–Trinajstić information content (AvgIpc) is 2.89. The van der Waals surface area contributed by atoms with E-state index in [1.54, 1.807) is 17.0 Å². The van der Waals surface area contributed by atoms with Crippen LogP contribution < -0.4 is 5.32 Å². The van der Waals surface area contributed by atoms with Crippen molar-refractivity contribution in [2.75, 3.05) is 25.0 Å². The van der Waals surface area contributed by atoms with Crippen molar-refractivity contribution in [3.8, 4) is 0 Å². The highest BCUT2D eigenvalue weighted by atomic mass is 79.9. The second kappa shape index (κ2) is 6.23. The number of halogens is 1. The monoisotopic (exact) mass is 342 g/mol. The summed E-state index contributed by atoms with van der Waals surface area (Å²) in [6.07, 6.45) is 0.782. The predicted molar refractivity (Wildman–Crippen MR) is 76.9 cm³/mol. The molecular weight excluding hydrogens is 328 g/mol. The van der Waals surface area contributed by atoms with Gasteiger partial charge in [-0.05, 0) is 40.5 Å². The molecule has 0 saturated carbocycles. The molecule has 0 aromatic heterocycles. The van der Waals surface area contributed by atoms with Gasteiger partial charge in [0.15, 0.2) is 0 Å². The van der Waals surface area contributed by atoms with Crippen molar-refractivity contribution in [2.24, 2.45) is 5.92 Å². The number of rotatable bonds is 3. The van der Waals surface area contributed by atoms with Gasteiger partial charge in [-0.25, -0.2) is 9.59 Å². The molecule has 1 aromatic carbocycles. The highest BCUT2D eigenvalue weighted by molar-refractivity contribution is 9.10. The molecular formula is C13H15BrN2O4. The van der Waals surface area contributed by atoms with Crippen LogP contribution in [-0.4, -0.2) is 46.8 Å². The summed E-state index contributed by atoms with van der Waals surface area (Å²) in [5.41, 5.74) is 0.528. The predicted octanol–water partition coefficient (Wildman–Crippen LogP) is 1.99. The van der Waals surface area contributed by atoms with Gasteiger partial charge in [0.2, 0.25) is 0 Å². The molecule has 0 radical (unpaired) electrons. The molecule has 1 aliphatic rings. The molecule has 0 bridgehead atoms. The van der Waals surface area contributed by atoms with Gasteiger partial charge in [0.25, 0.3) is 0 Å². The first-order chi connectivity index (χ1) is 9.51. The van der Waals surface area contributed by atoms with Gasteiger partial charge < -0.3 is 20.4 Å². The smallest absolute Gasteiger partial charge is 0.336 e. The van der Waals surface area contributed by atoms with Crippen LogP contribution in [0.2, 0.25) is 0 Å². The third-order valence-corrected chi connectivity index (χ3v) is 3.97. The Morgan fingerprint density at radius 3 is 2.80 bits per heavy atom. The average molecular weight is 343 g/mol. The Labute approximate surface area is 124 Å². The largest absolute Gasteiger partial charge is 0.478 e. The zero-order valence-corrected chi connectivity index (χ0v) is 12.3. The zero-order chi connectivity index (χ0) is 14.7. The number of urea groups is 1. The lowest BCUT2D eigenvalue weighted by molar-refractivity contribution is 0.0696. The number of likely N-dealkylation sites (tertiary alicyclic amines) is 1. The number of benzene rings is 1. The number of hydrogen-bond acceptors (Lipinski definition) is 3. The molecule has 2 rings (SSSR count). The second-order valence-corrected chi connectivity index (χ2v) is 5.57. The lowest BCUT2D eigenvalue weighted by Gasteiger charge is -2.17. The molecule has 1 unspecified atom stereocenters. The molecule has 20 heavy (non-hydrogen) atoms. The van der Waals surface area contributed by atoms with Crippen molar-refractivity contribution in [3.05, 3.63) is 28.2 Å². The molecule has 3 N–H and O–H groups in total. The molecule has 1 atom stereocenters. The fraction of sp³-hybridized carbons (Fsp3) is 0.385. The highest BCUT2D eigenvalue weighted by Crippen LogP contribution is 2.22. The fourth-order valence-corrected chi connectivity index (χ4v) is 2.55. The van der Waals surface area contributed by atoms with Crippen molar-refractivity contribution in [3.63, 3.8) is 0 Å². The van der Waals surface area contributed by atoms with E-state index >= 15 is 0 Å². The summed E-state index contributed by atoms with van der Waals surface area (Å²) in [5.74, 6) is -0.935. The minimum atomic E-state index is -1.06. The molecule has 1 aliphatic heterocycles. The lowest BCUT2D eigenvalue weighted by atomic mass is 10.1. The Morgan fingerprint density at radius 1 is 1.45 bits per heavy atom. The maximum Gasteiger partial charge on any atom is 0.336 e. The summed E-state index contributed by atoms with van der Waals surface area (Å²) < 4.78 is 0.463. The number of aromatic carboxylic acids is 1. The van der Waals surface area contributed by atoms with Crippen LogP contribution in [0.5, 0.6) is 0 Å². The van der Waals surface area contributed by atoms with Crippen LogP contribution in [0.1, 0.15) is 16.8 Å². The number of anilines is 1. The number of carbonyl (C=O) groups is 2. The fourth-order valence-electron chi connectivity index (χ4n) is 2.14. The van der Waals surface area contributed by atoms with Gasteiger partial charge in [0, 0.05) is 35.8 Å². The Morgan fingerprint density at radius 2 is 2.20 bits per heavy atom. The molecule has 2 amide bonds. The van der Waals surface area contributed by atoms with Crippen LogP contribution in [-0.2, 0) is 0 Å². The number of carbonyl (C=O) groups excluding carboxylic acids is 1. The van der Waals surface area contributed by atoms with Crippen molar-refractivity contribution in [2.45, 2.75) is 6.42 Å². The van der Waals surface area contributed by atoms with Crippen molar-refractivity contribution < 1.29 is 19.8 Å². The standard InChI is InChI=1S/C13H15BrN2O4/c14-11-2-1-9(5-10(11)12(18)19)15-13(20)16-4-3-8(6-16)7-17/h1-2,5,8,17H,3-4,6-7H2,(H,15,20)(H,18,19). The number of hydrogen-bond donors (Lipinski definition) is 3. The SMILES string of the molecule is O=C(O)c1cc(NC(=O)N2CCC(CO)C2)ccc1Br. The van der Waals surface area contributed by atoms with Crippen molar-refractivity contribution >= 4 is 33.6 Å². The van der Waals surface area contributed by atoms with E-state index in [4.69, 9.17) is 10.2 Å². The van der Waals surface area contributed by atoms with E-state index in [1.807, 2.05) is 0 Å². The van der Waals surface area contributed by atoms with E-state index in [2.05, 4.69) is 21.2 Å². The van der Waals surface area contributed by atoms with Gasteiger partial charge in [0.1, 0.15) is 0 Å². The maximum absolute atomic E-state index is 12.0. The number of amides is 2. The van der Waals surface area contributed by atoms with Crippen LogP contribution >= 0.6 is 15.9 Å². The van der Waals surface area contributed by atoms with Crippen molar-refractivity contribution in [1.82, 2.24) is 4.90 Å². The van der Waals surface area contributed by atoms with Gasteiger partial charge in [-0.3, -0.25) is 0 Å². The summed E-state index contributed by atoms with van der Waals surface area (Å²) >= 11 is 3.15. The van der Waals surface area contributed by atoms with Gasteiger partial charge in [-0.2, -0.15) is 0 Å². The summed E-state index contributed by atoms with van der Waals surface area (Å²) in [7, 11) is 0. The Hall–Kier alpha value is -1.60. The molecule has 108 valence electrons. The number of aliphatic hydroxyl groups is 1. The quantitative estimate of drug-likeness (QED) is 0.783. The topological polar surface area (TPSA) is 89.9 Å². The van der Waals surface area contributed by atoms with E-state index in [0.29, 0.717) is 23.2 Å². The van der Waals surface area contributed by atoms with Gasteiger partial charge in [0.05, 0.1) is 5.56 Å². The van der Waals surface area contributed by atoms with Gasteiger partial charge >= 0.3 is 12.0 Å². The maximum atomic E-state index is 12.0. The molecule has 7 heteroatoms. The molecule has 0 spiro atoms. The summed E-state index contributed by atoms with van der Waals surface area (Å²) in [6, 6.07) is 4.34. The summed E-state index contributed by atoms with van der Waals surface area (Å²) in [5, 5.41) is 20.7. The van der Waals surface area contributed by atoms with Crippen molar-refractivity contribution in [1.29, 1.82) is 0 Å². The molecule has 1 aromatic rings. The number of nitrogens with zero attached hydrogens (tertiary/aromatic N) is 1. The molecule has 6 nitrogen and oxygen atoms in total. The number of carboxylic acids is 1. The molecule has 0 aliphatic carbocycles. The van der Waals surface area contributed by atoms with Gasteiger partial charge in [-0.15, -0.1) is 0 Å². The van der Waals surface area contributed by atoms with E-state index in [0.717, 1.165) is 6.42 Å². The summed E-state index contributed by atoms with van der Waals surface area (Å²) in [6.45, 7) is 1.19. The van der Waals surface area contributed by atoms with Crippen LogP contribution in [0.4, 0.5) is 10.5 Å². The first-order valence-electron chi connectivity index (χ1n) is 6.21.